The zero-order valence-electron chi connectivity index (χ0n) is 16.6. The van der Waals surface area contributed by atoms with Crippen LogP contribution in [0.2, 0.25) is 0 Å². The lowest BCUT2D eigenvalue weighted by Gasteiger charge is -2.26. The molecule has 6 nitrogen and oxygen atoms in total. The van der Waals surface area contributed by atoms with Gasteiger partial charge in [0.1, 0.15) is 11.8 Å². The van der Waals surface area contributed by atoms with Gasteiger partial charge in [-0.05, 0) is 37.6 Å². The Morgan fingerprint density at radius 1 is 1.23 bits per heavy atom. The van der Waals surface area contributed by atoms with Gasteiger partial charge in [-0.1, -0.05) is 6.07 Å². The molecule has 1 aromatic carbocycles. The Morgan fingerprint density at radius 2 is 1.97 bits per heavy atom. The Hall–Kier alpha value is -2.83. The number of anilines is 1. The van der Waals surface area contributed by atoms with Crippen LogP contribution in [0.3, 0.4) is 0 Å². The number of alkyl halides is 3. The zero-order valence-corrected chi connectivity index (χ0v) is 16.6. The minimum absolute atomic E-state index is 0.0489. The van der Waals surface area contributed by atoms with Gasteiger partial charge in [0.05, 0.1) is 24.3 Å². The number of benzene rings is 1. The maximum Gasteiger partial charge on any atom is 0.416 e. The molecule has 9 heteroatoms. The summed E-state index contributed by atoms with van der Waals surface area (Å²) < 4.78 is 45.8. The first-order chi connectivity index (χ1) is 14.3. The molecule has 1 N–H and O–H groups in total. The molecule has 1 saturated heterocycles. The third kappa shape index (κ3) is 5.20. The summed E-state index contributed by atoms with van der Waals surface area (Å²) >= 11 is 0. The number of carbonyl (C=O) groups is 1. The number of nitrogens with zero attached hydrogens (tertiary/aromatic N) is 3. The highest BCUT2D eigenvalue weighted by Crippen LogP contribution is 2.31. The number of nitrogens with one attached hydrogen (secondary N) is 1. The van der Waals surface area contributed by atoms with E-state index in [9.17, 15) is 23.2 Å². The lowest BCUT2D eigenvalue weighted by molar-refractivity contribution is -0.137. The average Bonchev–Trinajstić information content (AvgIpc) is 3.04. The maximum atomic E-state index is 12.9. The van der Waals surface area contributed by atoms with E-state index in [4.69, 9.17) is 4.74 Å². The molecule has 0 aliphatic carbocycles. The van der Waals surface area contributed by atoms with E-state index in [2.05, 4.69) is 16.3 Å². The largest absolute Gasteiger partial charge is 0.416 e. The number of nitriles is 1. The quantitative estimate of drug-likeness (QED) is 0.774. The number of rotatable bonds is 6. The van der Waals surface area contributed by atoms with E-state index in [-0.39, 0.29) is 11.3 Å². The Balaban J connectivity index is 1.70. The molecule has 1 aliphatic heterocycles. The number of ether oxygens (including phenoxy) is 1. The molecule has 30 heavy (non-hydrogen) atoms. The van der Waals surface area contributed by atoms with Crippen molar-refractivity contribution in [3.05, 3.63) is 52.8 Å². The maximum absolute atomic E-state index is 12.9. The van der Waals surface area contributed by atoms with E-state index in [1.807, 2.05) is 0 Å². The number of halogens is 3. The molecule has 3 rings (SSSR count). The van der Waals surface area contributed by atoms with Gasteiger partial charge < -0.3 is 14.6 Å². The number of carbonyl (C=O) groups excluding carboxylic acids is 1. The number of amides is 1. The van der Waals surface area contributed by atoms with E-state index in [0.29, 0.717) is 31.1 Å². The average molecular weight is 420 g/mol. The first kappa shape index (κ1) is 21.9. The van der Waals surface area contributed by atoms with E-state index in [0.717, 1.165) is 38.2 Å². The van der Waals surface area contributed by atoms with Crippen LogP contribution < -0.4 is 5.32 Å². The third-order valence-corrected chi connectivity index (χ3v) is 5.13. The van der Waals surface area contributed by atoms with Crippen LogP contribution in [0.1, 0.15) is 33.7 Å². The number of hydrogen-bond donors (Lipinski definition) is 1. The Kier molecular flexibility index (Phi) is 6.80. The van der Waals surface area contributed by atoms with Crippen molar-refractivity contribution in [3.8, 4) is 6.07 Å². The van der Waals surface area contributed by atoms with Crippen molar-refractivity contribution in [2.24, 2.45) is 0 Å². The van der Waals surface area contributed by atoms with Crippen LogP contribution in [0.5, 0.6) is 0 Å². The summed E-state index contributed by atoms with van der Waals surface area (Å²) in [4.78, 5) is 14.9. The number of hydrogen-bond acceptors (Lipinski definition) is 4. The van der Waals surface area contributed by atoms with Crippen molar-refractivity contribution in [3.63, 3.8) is 0 Å². The molecule has 2 heterocycles. The van der Waals surface area contributed by atoms with Gasteiger partial charge in [0.2, 0.25) is 0 Å². The second kappa shape index (κ2) is 9.32. The monoisotopic (exact) mass is 420 g/mol. The molecule has 1 aromatic heterocycles. The first-order valence-corrected chi connectivity index (χ1v) is 9.68. The van der Waals surface area contributed by atoms with Gasteiger partial charge in [-0.2, -0.15) is 18.4 Å². The molecule has 1 amide bonds. The summed E-state index contributed by atoms with van der Waals surface area (Å²) in [7, 11) is 0. The van der Waals surface area contributed by atoms with Gasteiger partial charge in [0.15, 0.2) is 0 Å². The smallest absolute Gasteiger partial charge is 0.379 e. The fourth-order valence-electron chi connectivity index (χ4n) is 3.50. The molecule has 0 radical (unpaired) electrons. The first-order valence-electron chi connectivity index (χ1n) is 9.68. The molecular formula is C21H23F3N4O2. The molecule has 160 valence electrons. The Labute approximate surface area is 172 Å². The van der Waals surface area contributed by atoms with Crippen molar-refractivity contribution < 1.29 is 22.7 Å². The van der Waals surface area contributed by atoms with Crippen molar-refractivity contribution in [2.45, 2.75) is 26.1 Å². The SMILES string of the molecule is Cc1c(C(=O)Nc2cccc(C(F)(F)F)c2)cc(C#N)n1CCCN1CCOCC1. The van der Waals surface area contributed by atoms with Gasteiger partial charge >= 0.3 is 6.18 Å². The highest BCUT2D eigenvalue weighted by molar-refractivity contribution is 6.05. The van der Waals surface area contributed by atoms with Gasteiger partial charge in [-0.15, -0.1) is 0 Å². The summed E-state index contributed by atoms with van der Waals surface area (Å²) in [6.45, 7) is 6.34. The second-order valence-corrected chi connectivity index (χ2v) is 7.13. The molecule has 2 aromatic rings. The predicted molar refractivity (Wildman–Crippen MR) is 105 cm³/mol. The Morgan fingerprint density at radius 3 is 2.63 bits per heavy atom. The molecule has 1 aliphatic rings. The minimum Gasteiger partial charge on any atom is -0.379 e. The number of aromatic nitrogens is 1. The molecular weight excluding hydrogens is 397 g/mol. The van der Waals surface area contributed by atoms with Crippen molar-refractivity contribution in [2.75, 3.05) is 38.2 Å². The van der Waals surface area contributed by atoms with E-state index in [1.165, 1.54) is 18.2 Å². The fourth-order valence-corrected chi connectivity index (χ4v) is 3.50. The van der Waals surface area contributed by atoms with E-state index < -0.39 is 17.6 Å². The summed E-state index contributed by atoms with van der Waals surface area (Å²) in [5, 5.41) is 11.9. The standard InChI is InChI=1S/C21H23F3N4O2/c1-15-19(20(29)26-17-5-2-4-16(12-17)21(22,23)24)13-18(14-25)28(15)7-3-6-27-8-10-30-11-9-27/h2,4-5,12-13H,3,6-11H2,1H3,(H,26,29). The lowest BCUT2D eigenvalue weighted by atomic mass is 10.1. The van der Waals surface area contributed by atoms with Crippen LogP contribution in [0.4, 0.5) is 18.9 Å². The van der Waals surface area contributed by atoms with Gasteiger partial charge in [0, 0.05) is 37.6 Å². The van der Waals surface area contributed by atoms with E-state index >= 15 is 0 Å². The topological polar surface area (TPSA) is 70.3 Å². The molecule has 0 saturated carbocycles. The second-order valence-electron chi connectivity index (χ2n) is 7.13. The van der Waals surface area contributed by atoms with Crippen molar-refractivity contribution in [1.82, 2.24) is 9.47 Å². The van der Waals surface area contributed by atoms with Crippen LogP contribution in [-0.2, 0) is 17.5 Å². The van der Waals surface area contributed by atoms with Crippen LogP contribution in [0.15, 0.2) is 30.3 Å². The fraction of sp³-hybridized carbons (Fsp3) is 0.429. The minimum atomic E-state index is -4.49. The highest BCUT2D eigenvalue weighted by atomic mass is 19.4. The van der Waals surface area contributed by atoms with Gasteiger partial charge in [0.25, 0.3) is 5.91 Å². The van der Waals surface area contributed by atoms with Crippen LogP contribution in [0.25, 0.3) is 0 Å². The van der Waals surface area contributed by atoms with Crippen molar-refractivity contribution >= 4 is 11.6 Å². The molecule has 1 fully saturated rings. The molecule has 0 unspecified atom stereocenters. The summed E-state index contributed by atoms with van der Waals surface area (Å²) in [5.74, 6) is -0.546. The highest BCUT2D eigenvalue weighted by Gasteiger charge is 2.30. The molecule has 0 atom stereocenters. The third-order valence-electron chi connectivity index (χ3n) is 5.13. The lowest BCUT2D eigenvalue weighted by Crippen LogP contribution is -2.37. The molecule has 0 spiro atoms. The van der Waals surface area contributed by atoms with Crippen LogP contribution >= 0.6 is 0 Å². The number of morpholine rings is 1. The van der Waals surface area contributed by atoms with E-state index in [1.54, 1.807) is 11.5 Å². The summed E-state index contributed by atoms with van der Waals surface area (Å²) in [6.07, 6.45) is -3.69. The van der Waals surface area contributed by atoms with Gasteiger partial charge in [-0.3, -0.25) is 9.69 Å². The molecule has 0 bridgehead atoms. The van der Waals surface area contributed by atoms with Gasteiger partial charge in [-0.25, -0.2) is 0 Å². The van der Waals surface area contributed by atoms with Crippen molar-refractivity contribution in [1.29, 1.82) is 5.26 Å². The summed E-state index contributed by atoms with van der Waals surface area (Å²) in [6, 6.07) is 8.04. The van der Waals surface area contributed by atoms with Crippen LogP contribution in [0, 0.1) is 18.3 Å². The summed E-state index contributed by atoms with van der Waals surface area (Å²) in [5.41, 5.74) is 0.445. The Bertz CT molecular complexity index is 941. The van der Waals surface area contributed by atoms with Crippen LogP contribution in [-0.4, -0.2) is 48.2 Å². The normalized spacial score (nSPS) is 15.0. The predicted octanol–water partition coefficient (Wildman–Crippen LogP) is 3.66. The zero-order chi connectivity index (χ0) is 21.7.